The van der Waals surface area contributed by atoms with Crippen LogP contribution < -0.4 is 5.32 Å². The Bertz CT molecular complexity index is 512. The van der Waals surface area contributed by atoms with Crippen molar-refractivity contribution < 1.29 is 9.13 Å². The minimum atomic E-state index is -0.697. The monoisotopic (exact) mass is 297 g/mol. The molecule has 20 heavy (non-hydrogen) atoms. The molecule has 0 unspecified atom stereocenters. The first-order chi connectivity index (χ1) is 9.60. The second-order valence-corrected chi connectivity index (χ2v) is 6.46. The summed E-state index contributed by atoms with van der Waals surface area (Å²) >= 11 is 0. The molecule has 0 aromatic heterocycles. The molecule has 1 heterocycles. The van der Waals surface area contributed by atoms with Gasteiger partial charge in [-0.2, -0.15) is 0 Å². The van der Waals surface area contributed by atoms with Gasteiger partial charge in [0.25, 0.3) is 5.69 Å². The average Bonchev–Trinajstić information content (AvgIpc) is 2.43. The highest BCUT2D eigenvalue weighted by molar-refractivity contribution is 7.85. The maximum absolute atomic E-state index is 11.3. The first kappa shape index (κ1) is 14.9. The summed E-state index contributed by atoms with van der Waals surface area (Å²) in [5.74, 6) is 1.38. The number of nitro groups is 1. The number of hydrogen-bond acceptors (Lipinski definition) is 5. The minimum Gasteiger partial charge on any atom is -0.380 e. The van der Waals surface area contributed by atoms with Gasteiger partial charge in [-0.3, -0.25) is 19.2 Å². The predicted octanol–water partition coefficient (Wildman–Crippen LogP) is 1.59. The lowest BCUT2D eigenvalue weighted by Gasteiger charge is -2.26. The van der Waals surface area contributed by atoms with Gasteiger partial charge in [-0.1, -0.05) is 6.07 Å². The van der Waals surface area contributed by atoms with Crippen molar-refractivity contribution in [3.63, 3.8) is 0 Å². The number of nitrogens with zero attached hydrogens (tertiary/aromatic N) is 2. The molecule has 1 N–H and O–H groups in total. The van der Waals surface area contributed by atoms with Crippen LogP contribution in [0.1, 0.15) is 12.5 Å². The maximum Gasteiger partial charge on any atom is 0.292 e. The Morgan fingerprint density at radius 1 is 1.40 bits per heavy atom. The van der Waals surface area contributed by atoms with Crippen molar-refractivity contribution in [2.45, 2.75) is 13.5 Å². The van der Waals surface area contributed by atoms with Gasteiger partial charge in [0.1, 0.15) is 5.69 Å². The summed E-state index contributed by atoms with van der Waals surface area (Å²) in [6.07, 6.45) is 0. The quantitative estimate of drug-likeness (QED) is 0.660. The van der Waals surface area contributed by atoms with Crippen LogP contribution in [-0.4, -0.2) is 45.2 Å². The SMILES string of the molecule is CCNc1ccc(CN2CCS(=O)CC2)cc1[N+](=O)[O-]. The van der Waals surface area contributed by atoms with Crippen molar-refractivity contribution in [1.82, 2.24) is 4.90 Å². The summed E-state index contributed by atoms with van der Waals surface area (Å²) < 4.78 is 11.3. The highest BCUT2D eigenvalue weighted by Gasteiger charge is 2.18. The van der Waals surface area contributed by atoms with Crippen LogP contribution in [0.2, 0.25) is 0 Å². The standard InChI is InChI=1S/C13H19N3O3S/c1-2-14-12-4-3-11(9-13(12)16(17)18)10-15-5-7-20(19)8-6-15/h3-4,9,14H,2,5-8,10H2,1H3. The zero-order chi connectivity index (χ0) is 14.5. The van der Waals surface area contributed by atoms with E-state index in [2.05, 4.69) is 10.2 Å². The highest BCUT2D eigenvalue weighted by atomic mass is 32.2. The Morgan fingerprint density at radius 2 is 2.10 bits per heavy atom. The van der Waals surface area contributed by atoms with Crippen LogP contribution in [0, 0.1) is 10.1 Å². The molecular weight excluding hydrogens is 278 g/mol. The van der Waals surface area contributed by atoms with Crippen LogP contribution in [0.5, 0.6) is 0 Å². The van der Waals surface area contributed by atoms with E-state index in [4.69, 9.17) is 0 Å². The van der Waals surface area contributed by atoms with Gasteiger partial charge in [0.2, 0.25) is 0 Å². The molecule has 110 valence electrons. The molecule has 0 bridgehead atoms. The number of nitro benzene ring substituents is 1. The molecule has 6 nitrogen and oxygen atoms in total. The van der Waals surface area contributed by atoms with Crippen molar-refractivity contribution in [3.8, 4) is 0 Å². The van der Waals surface area contributed by atoms with Gasteiger partial charge in [0.15, 0.2) is 0 Å². The predicted molar refractivity (Wildman–Crippen MR) is 80.4 cm³/mol. The van der Waals surface area contributed by atoms with E-state index < -0.39 is 10.8 Å². The first-order valence-electron chi connectivity index (χ1n) is 6.68. The molecule has 1 saturated heterocycles. The van der Waals surface area contributed by atoms with Crippen LogP contribution in [-0.2, 0) is 17.3 Å². The van der Waals surface area contributed by atoms with Gasteiger partial charge in [0.05, 0.1) is 4.92 Å². The fourth-order valence-electron chi connectivity index (χ4n) is 2.26. The van der Waals surface area contributed by atoms with Gasteiger partial charge in [-0.25, -0.2) is 0 Å². The van der Waals surface area contributed by atoms with Crippen LogP contribution >= 0.6 is 0 Å². The lowest BCUT2D eigenvalue weighted by molar-refractivity contribution is -0.384. The lowest BCUT2D eigenvalue weighted by Crippen LogP contribution is -2.37. The molecule has 2 rings (SSSR count). The topological polar surface area (TPSA) is 75.5 Å². The Hall–Kier alpha value is -1.47. The Kier molecular flexibility index (Phi) is 5.08. The van der Waals surface area contributed by atoms with E-state index in [9.17, 15) is 14.3 Å². The molecule has 1 fully saturated rings. The summed E-state index contributed by atoms with van der Waals surface area (Å²) in [6.45, 7) is 4.80. The molecule has 0 atom stereocenters. The summed E-state index contributed by atoms with van der Waals surface area (Å²) in [7, 11) is -0.697. The van der Waals surface area contributed by atoms with Crippen LogP contribution in [0.25, 0.3) is 0 Å². The van der Waals surface area contributed by atoms with E-state index in [1.807, 2.05) is 13.0 Å². The molecular formula is C13H19N3O3S. The molecule has 0 spiro atoms. The number of hydrogen-bond donors (Lipinski definition) is 1. The Labute approximate surface area is 120 Å². The second-order valence-electron chi connectivity index (χ2n) is 4.76. The number of benzene rings is 1. The van der Waals surface area contributed by atoms with E-state index in [0.29, 0.717) is 30.3 Å². The van der Waals surface area contributed by atoms with Crippen LogP contribution in [0.15, 0.2) is 18.2 Å². The zero-order valence-corrected chi connectivity index (χ0v) is 12.3. The van der Waals surface area contributed by atoms with Gasteiger partial charge in [-0.15, -0.1) is 0 Å². The third-order valence-corrected chi connectivity index (χ3v) is 4.58. The molecule has 0 amide bonds. The molecule has 7 heteroatoms. The van der Waals surface area contributed by atoms with E-state index in [1.165, 1.54) is 0 Å². The van der Waals surface area contributed by atoms with Gasteiger partial charge >= 0.3 is 0 Å². The van der Waals surface area contributed by atoms with Crippen molar-refractivity contribution in [2.24, 2.45) is 0 Å². The van der Waals surface area contributed by atoms with Crippen molar-refractivity contribution >= 4 is 22.2 Å². The van der Waals surface area contributed by atoms with Crippen molar-refractivity contribution in [3.05, 3.63) is 33.9 Å². The number of nitrogens with one attached hydrogen (secondary N) is 1. The van der Waals surface area contributed by atoms with E-state index in [0.717, 1.165) is 18.7 Å². The molecule has 1 aliphatic heterocycles. The van der Waals surface area contributed by atoms with Crippen molar-refractivity contribution in [1.29, 1.82) is 0 Å². The third kappa shape index (κ3) is 3.77. The van der Waals surface area contributed by atoms with Gasteiger partial charge in [-0.05, 0) is 18.6 Å². The molecule has 1 aliphatic rings. The summed E-state index contributed by atoms with van der Waals surface area (Å²) in [6, 6.07) is 5.30. The Balaban J connectivity index is 2.10. The number of rotatable bonds is 5. The summed E-state index contributed by atoms with van der Waals surface area (Å²) in [4.78, 5) is 12.9. The largest absolute Gasteiger partial charge is 0.380 e. The fourth-order valence-corrected chi connectivity index (χ4v) is 3.39. The van der Waals surface area contributed by atoms with E-state index in [1.54, 1.807) is 12.1 Å². The lowest BCUT2D eigenvalue weighted by atomic mass is 10.1. The molecule has 0 aliphatic carbocycles. The van der Waals surface area contributed by atoms with Gasteiger partial charge in [0, 0.05) is 54.6 Å². The molecule has 1 aromatic carbocycles. The summed E-state index contributed by atoms with van der Waals surface area (Å²) in [5, 5.41) is 14.1. The van der Waals surface area contributed by atoms with E-state index in [-0.39, 0.29) is 10.6 Å². The maximum atomic E-state index is 11.3. The fraction of sp³-hybridized carbons (Fsp3) is 0.538. The first-order valence-corrected chi connectivity index (χ1v) is 8.17. The van der Waals surface area contributed by atoms with Crippen LogP contribution in [0.4, 0.5) is 11.4 Å². The normalized spacial score (nSPS) is 17.1. The van der Waals surface area contributed by atoms with Crippen LogP contribution in [0.3, 0.4) is 0 Å². The molecule has 0 saturated carbocycles. The van der Waals surface area contributed by atoms with Crippen molar-refractivity contribution in [2.75, 3.05) is 36.5 Å². The Morgan fingerprint density at radius 3 is 2.70 bits per heavy atom. The highest BCUT2D eigenvalue weighted by Crippen LogP contribution is 2.26. The second kappa shape index (κ2) is 6.81. The minimum absolute atomic E-state index is 0.116. The van der Waals surface area contributed by atoms with Gasteiger partial charge < -0.3 is 5.32 Å². The zero-order valence-electron chi connectivity index (χ0n) is 11.5. The molecule has 1 aromatic rings. The number of anilines is 1. The average molecular weight is 297 g/mol. The molecule has 0 radical (unpaired) electrons. The summed E-state index contributed by atoms with van der Waals surface area (Å²) in [5.41, 5.74) is 1.59. The third-order valence-electron chi connectivity index (χ3n) is 3.30. The smallest absolute Gasteiger partial charge is 0.292 e. The van der Waals surface area contributed by atoms with E-state index >= 15 is 0 Å².